The van der Waals surface area contributed by atoms with Gasteiger partial charge in [0.15, 0.2) is 0 Å². The van der Waals surface area contributed by atoms with Crippen molar-refractivity contribution < 1.29 is 26.4 Å². The minimum absolute atomic E-state index is 0.134. The van der Waals surface area contributed by atoms with E-state index in [4.69, 9.17) is 0 Å². The third-order valence-corrected chi connectivity index (χ3v) is 7.86. The molecule has 1 heterocycles. The molecule has 174 valence electrons. The van der Waals surface area contributed by atoms with Gasteiger partial charge in [-0.05, 0) is 36.6 Å². The van der Waals surface area contributed by atoms with E-state index in [1.54, 1.807) is 0 Å². The summed E-state index contributed by atoms with van der Waals surface area (Å²) in [5.74, 6) is -0.134. The number of hydrogen-bond donors (Lipinski definition) is 1. The van der Waals surface area contributed by atoms with Crippen LogP contribution in [0.2, 0.25) is 0 Å². The highest BCUT2D eigenvalue weighted by Gasteiger charge is 2.34. The number of hydrogen-bond acceptors (Lipinski definition) is 5. The van der Waals surface area contributed by atoms with Gasteiger partial charge in [-0.2, -0.15) is 17.5 Å². The molecule has 2 aromatic carbocycles. The lowest BCUT2D eigenvalue weighted by Crippen LogP contribution is -2.49. The summed E-state index contributed by atoms with van der Waals surface area (Å²) in [5, 5.41) is 2.89. The Kier molecular flexibility index (Phi) is 7.86. The summed E-state index contributed by atoms with van der Waals surface area (Å²) >= 11 is 1.54. The zero-order valence-corrected chi connectivity index (χ0v) is 19.1. The van der Waals surface area contributed by atoms with Crippen LogP contribution >= 0.6 is 11.8 Å². The van der Waals surface area contributed by atoms with Gasteiger partial charge in [0.2, 0.25) is 15.9 Å². The Morgan fingerprint density at radius 3 is 2.41 bits per heavy atom. The van der Waals surface area contributed by atoms with Crippen LogP contribution < -0.4 is 5.32 Å². The minimum Gasteiger partial charge on any atom is -0.325 e. The number of alkyl halides is 3. The number of carbonyl (C=O) groups excluding carboxylic acids is 1. The number of nitrogens with zero attached hydrogens (tertiary/aromatic N) is 2. The van der Waals surface area contributed by atoms with E-state index < -0.39 is 21.8 Å². The molecule has 1 aliphatic heterocycles. The van der Waals surface area contributed by atoms with Gasteiger partial charge < -0.3 is 10.2 Å². The number of para-hydroxylation sites is 1. The molecular weight excluding hydrogens is 463 g/mol. The molecule has 6 nitrogen and oxygen atoms in total. The van der Waals surface area contributed by atoms with E-state index in [9.17, 15) is 26.4 Å². The first-order chi connectivity index (χ1) is 15.1. The highest BCUT2D eigenvalue weighted by atomic mass is 32.2. The number of thioether (sulfide) groups is 1. The Balaban J connectivity index is 1.53. The quantitative estimate of drug-likeness (QED) is 0.603. The zero-order valence-electron chi connectivity index (χ0n) is 17.4. The summed E-state index contributed by atoms with van der Waals surface area (Å²) in [6.07, 6.45) is -2.43. The van der Waals surface area contributed by atoms with Crippen molar-refractivity contribution in [1.82, 2.24) is 9.21 Å². The smallest absolute Gasteiger partial charge is 0.325 e. The molecule has 1 amide bonds. The number of benzene rings is 2. The van der Waals surface area contributed by atoms with Gasteiger partial charge in [0.1, 0.15) is 0 Å². The van der Waals surface area contributed by atoms with Crippen LogP contribution in [0.4, 0.5) is 18.9 Å². The molecule has 1 N–H and O–H groups in total. The summed E-state index contributed by atoms with van der Waals surface area (Å²) in [6, 6.07) is 11.3. The van der Waals surface area contributed by atoms with E-state index in [0.717, 1.165) is 22.7 Å². The van der Waals surface area contributed by atoms with Gasteiger partial charge in [-0.25, -0.2) is 8.42 Å². The predicted molar refractivity (Wildman–Crippen MR) is 118 cm³/mol. The summed E-state index contributed by atoms with van der Waals surface area (Å²) in [7, 11) is -4.02. The number of sulfonamides is 1. The number of halogens is 3. The lowest BCUT2D eigenvalue weighted by atomic mass is 10.2. The molecule has 0 radical (unpaired) electrons. The van der Waals surface area contributed by atoms with E-state index in [0.29, 0.717) is 25.7 Å². The number of anilines is 1. The molecule has 11 heteroatoms. The van der Waals surface area contributed by atoms with Gasteiger partial charge in [-0.1, -0.05) is 18.2 Å². The lowest BCUT2D eigenvalue weighted by Gasteiger charge is -2.33. The van der Waals surface area contributed by atoms with E-state index in [1.807, 2.05) is 35.4 Å². The largest absolute Gasteiger partial charge is 0.416 e. The first kappa shape index (κ1) is 24.6. The molecule has 0 spiro atoms. The van der Waals surface area contributed by atoms with Crippen molar-refractivity contribution in [2.45, 2.75) is 22.4 Å². The third-order valence-electron chi connectivity index (χ3n) is 5.17. The fraction of sp³-hybridized carbons (Fsp3) is 0.381. The van der Waals surface area contributed by atoms with Crippen LogP contribution in [0.25, 0.3) is 0 Å². The minimum atomic E-state index is -4.61. The molecule has 32 heavy (non-hydrogen) atoms. The molecule has 0 aliphatic carbocycles. The highest BCUT2D eigenvalue weighted by molar-refractivity contribution is 7.98. The molecule has 3 rings (SSSR count). The topological polar surface area (TPSA) is 69.7 Å². The van der Waals surface area contributed by atoms with Crippen LogP contribution in [0.15, 0.2) is 58.3 Å². The van der Waals surface area contributed by atoms with Gasteiger partial charge in [-0.15, -0.1) is 11.8 Å². The molecule has 1 saturated heterocycles. The van der Waals surface area contributed by atoms with E-state index in [2.05, 4.69) is 5.32 Å². The molecule has 2 aromatic rings. The van der Waals surface area contributed by atoms with Crippen LogP contribution in [0.3, 0.4) is 0 Å². The van der Waals surface area contributed by atoms with E-state index in [-0.39, 0.29) is 30.3 Å². The normalized spacial score (nSPS) is 16.1. The standard InChI is InChI=1S/C21H24F3N3O3S2/c1-31-19-8-3-2-7-18(19)25-20(28)9-10-26-11-13-27(14-12-26)32(29,30)17-6-4-5-16(15-17)21(22,23)24/h2-8,15H,9-14H2,1H3,(H,25,28). The van der Waals surface area contributed by atoms with Crippen molar-refractivity contribution in [2.24, 2.45) is 0 Å². The maximum atomic E-state index is 12.9. The SMILES string of the molecule is CSc1ccccc1NC(=O)CCN1CCN(S(=O)(=O)c2cccc(C(F)(F)F)c2)CC1. The van der Waals surface area contributed by atoms with E-state index >= 15 is 0 Å². The molecule has 1 fully saturated rings. The predicted octanol–water partition coefficient (Wildman–Crippen LogP) is 3.76. The fourth-order valence-corrected chi connectivity index (χ4v) is 5.42. The number of amides is 1. The second-order valence-corrected chi connectivity index (χ2v) is 10.1. The molecular formula is C21H24F3N3O3S2. The molecule has 0 bridgehead atoms. The Morgan fingerprint density at radius 2 is 1.75 bits per heavy atom. The van der Waals surface area contributed by atoms with Gasteiger partial charge in [0.05, 0.1) is 16.1 Å². The summed E-state index contributed by atoms with van der Waals surface area (Å²) in [5.41, 5.74) is -0.242. The van der Waals surface area contributed by atoms with Crippen molar-refractivity contribution in [3.8, 4) is 0 Å². The van der Waals surface area contributed by atoms with Gasteiger partial charge >= 0.3 is 6.18 Å². The van der Waals surface area contributed by atoms with Gasteiger partial charge in [0.25, 0.3) is 0 Å². The summed E-state index contributed by atoms with van der Waals surface area (Å²) in [4.78, 5) is 14.9. The average Bonchev–Trinajstić information content (AvgIpc) is 2.78. The lowest BCUT2D eigenvalue weighted by molar-refractivity contribution is -0.137. The Labute approximate surface area is 189 Å². The highest BCUT2D eigenvalue weighted by Crippen LogP contribution is 2.31. The number of nitrogens with one attached hydrogen (secondary N) is 1. The van der Waals surface area contributed by atoms with Gasteiger partial charge in [-0.3, -0.25) is 4.79 Å². The van der Waals surface area contributed by atoms with E-state index in [1.165, 1.54) is 22.1 Å². The molecule has 0 aromatic heterocycles. The molecule has 0 unspecified atom stereocenters. The molecule has 0 saturated carbocycles. The van der Waals surface area contributed by atoms with Crippen molar-refractivity contribution >= 4 is 33.4 Å². The second-order valence-electron chi connectivity index (χ2n) is 7.27. The average molecular weight is 488 g/mol. The van der Waals surface area contributed by atoms with Crippen LogP contribution in [0.5, 0.6) is 0 Å². The Hall–Kier alpha value is -2.08. The number of piperazine rings is 1. The second kappa shape index (κ2) is 10.2. The number of rotatable bonds is 7. The molecule has 1 aliphatic rings. The first-order valence-electron chi connectivity index (χ1n) is 9.94. The van der Waals surface area contributed by atoms with Crippen LogP contribution in [-0.2, 0) is 21.0 Å². The van der Waals surface area contributed by atoms with Crippen LogP contribution in [0.1, 0.15) is 12.0 Å². The van der Waals surface area contributed by atoms with Crippen LogP contribution in [-0.4, -0.2) is 62.5 Å². The maximum absolute atomic E-state index is 12.9. The van der Waals surface area contributed by atoms with Crippen molar-refractivity contribution in [1.29, 1.82) is 0 Å². The zero-order chi connectivity index (χ0) is 23.4. The third kappa shape index (κ3) is 6.03. The molecule has 0 atom stereocenters. The number of carbonyl (C=O) groups is 1. The fourth-order valence-electron chi connectivity index (χ4n) is 3.40. The van der Waals surface area contributed by atoms with Crippen molar-refractivity contribution in [2.75, 3.05) is 44.3 Å². The van der Waals surface area contributed by atoms with Crippen molar-refractivity contribution in [3.63, 3.8) is 0 Å². The van der Waals surface area contributed by atoms with Crippen molar-refractivity contribution in [3.05, 3.63) is 54.1 Å². The monoisotopic (exact) mass is 487 g/mol. The summed E-state index contributed by atoms with van der Waals surface area (Å²) in [6.45, 7) is 1.55. The Bertz CT molecular complexity index is 1050. The summed E-state index contributed by atoms with van der Waals surface area (Å²) < 4.78 is 65.5. The Morgan fingerprint density at radius 1 is 1.06 bits per heavy atom. The van der Waals surface area contributed by atoms with Gasteiger partial charge in [0, 0.05) is 44.0 Å². The maximum Gasteiger partial charge on any atom is 0.416 e. The first-order valence-corrected chi connectivity index (χ1v) is 12.6. The van der Waals surface area contributed by atoms with Crippen LogP contribution in [0, 0.1) is 0 Å².